The quantitative estimate of drug-likeness (QED) is 0.692. The molecule has 0 saturated heterocycles. The molecule has 0 radical (unpaired) electrons. The molecule has 0 atom stereocenters. The van der Waals surface area contributed by atoms with Crippen LogP contribution in [0.1, 0.15) is 5.56 Å². The number of aliphatic carboxylic acids is 1. The van der Waals surface area contributed by atoms with Crippen molar-refractivity contribution in [2.75, 3.05) is 25.7 Å². The Balaban J connectivity index is 1.77. The predicted octanol–water partition coefficient (Wildman–Crippen LogP) is 3.92. The fourth-order valence-corrected chi connectivity index (χ4v) is 3.52. The Hall–Kier alpha value is -2.97. The summed E-state index contributed by atoms with van der Waals surface area (Å²) < 4.78 is 10.4. The van der Waals surface area contributed by atoms with Crippen LogP contribution in [0.2, 0.25) is 5.02 Å². The maximum absolute atomic E-state index is 12.3. The molecule has 3 rings (SSSR count). The number of amides is 1. The number of hydrogen-bond acceptors (Lipinski definition) is 6. The minimum absolute atomic E-state index is 0.307. The van der Waals surface area contributed by atoms with Crippen molar-refractivity contribution in [3.8, 4) is 11.5 Å². The normalized spacial score (nSPS) is 14.7. The number of carbonyl (C=O) groups excluding carboxylic acids is 1. The zero-order chi connectivity index (χ0) is 21.0. The van der Waals surface area contributed by atoms with E-state index in [1.165, 1.54) is 18.9 Å². The molecule has 0 fully saturated rings. The number of methoxy groups -OCH3 is 1. The molecule has 7 nitrogen and oxygen atoms in total. The second-order valence-corrected chi connectivity index (χ2v) is 7.38. The van der Waals surface area contributed by atoms with Crippen molar-refractivity contribution >= 4 is 52.2 Å². The first-order valence-electron chi connectivity index (χ1n) is 8.42. The molecule has 1 heterocycles. The minimum Gasteiger partial charge on any atom is -0.493 e. The van der Waals surface area contributed by atoms with Crippen molar-refractivity contribution in [1.82, 2.24) is 0 Å². The van der Waals surface area contributed by atoms with Crippen LogP contribution in [0.25, 0.3) is 6.08 Å². The summed E-state index contributed by atoms with van der Waals surface area (Å²) in [5.41, 5.74) is 1.56. The van der Waals surface area contributed by atoms with E-state index in [1.807, 2.05) is 24.1 Å². The van der Waals surface area contributed by atoms with E-state index in [0.29, 0.717) is 32.2 Å². The maximum atomic E-state index is 12.3. The number of carboxylic acid groups (broad SMARTS) is 1. The lowest BCUT2D eigenvalue weighted by atomic mass is 10.2. The van der Waals surface area contributed by atoms with Gasteiger partial charge in [0, 0.05) is 17.8 Å². The Morgan fingerprint density at radius 3 is 2.62 bits per heavy atom. The van der Waals surface area contributed by atoms with E-state index in [2.05, 4.69) is 4.99 Å². The number of halogens is 1. The van der Waals surface area contributed by atoms with Gasteiger partial charge in [-0.15, -0.1) is 0 Å². The fourth-order valence-electron chi connectivity index (χ4n) is 2.50. The molecule has 0 aliphatic carbocycles. The number of carboxylic acids is 1. The van der Waals surface area contributed by atoms with E-state index >= 15 is 0 Å². The van der Waals surface area contributed by atoms with Crippen LogP contribution in [0.3, 0.4) is 0 Å². The molecule has 0 aromatic heterocycles. The van der Waals surface area contributed by atoms with Crippen LogP contribution in [-0.4, -0.2) is 42.9 Å². The maximum Gasteiger partial charge on any atom is 0.341 e. The number of ether oxygens (including phenoxy) is 2. The summed E-state index contributed by atoms with van der Waals surface area (Å²) in [4.78, 5) is 29.4. The molecule has 0 bridgehead atoms. The van der Waals surface area contributed by atoms with Crippen molar-refractivity contribution in [1.29, 1.82) is 0 Å². The van der Waals surface area contributed by atoms with E-state index in [0.717, 1.165) is 5.69 Å². The van der Waals surface area contributed by atoms with Gasteiger partial charge in [-0.3, -0.25) is 4.79 Å². The van der Waals surface area contributed by atoms with Crippen LogP contribution in [0, 0.1) is 0 Å². The highest BCUT2D eigenvalue weighted by Gasteiger charge is 2.25. The highest BCUT2D eigenvalue weighted by molar-refractivity contribution is 8.18. The van der Waals surface area contributed by atoms with Crippen LogP contribution in [0.5, 0.6) is 11.5 Å². The largest absolute Gasteiger partial charge is 0.493 e. The summed E-state index contributed by atoms with van der Waals surface area (Å²) >= 11 is 7.18. The molecule has 0 unspecified atom stereocenters. The number of rotatable bonds is 6. The van der Waals surface area contributed by atoms with Crippen LogP contribution in [0.4, 0.5) is 5.69 Å². The van der Waals surface area contributed by atoms with Crippen molar-refractivity contribution in [2.24, 2.45) is 4.99 Å². The first-order valence-corrected chi connectivity index (χ1v) is 9.61. The Labute approximate surface area is 176 Å². The predicted molar refractivity (Wildman–Crippen MR) is 114 cm³/mol. The summed E-state index contributed by atoms with van der Waals surface area (Å²) in [7, 11) is 3.28. The monoisotopic (exact) mass is 432 g/mol. The van der Waals surface area contributed by atoms with Crippen LogP contribution < -0.4 is 14.4 Å². The van der Waals surface area contributed by atoms with Gasteiger partial charge in [0.05, 0.1) is 12.0 Å². The lowest BCUT2D eigenvalue weighted by Crippen LogP contribution is -2.21. The van der Waals surface area contributed by atoms with Gasteiger partial charge in [-0.2, -0.15) is 4.99 Å². The van der Waals surface area contributed by atoms with Gasteiger partial charge < -0.3 is 19.5 Å². The van der Waals surface area contributed by atoms with Gasteiger partial charge in [-0.05, 0) is 59.8 Å². The standard InChI is InChI=1S/C20H17ClN2O5S/c1-23(14-6-4-13(21)5-7-14)20-22-19(26)17(29-20)10-12-3-8-15(16(9-12)27-2)28-11-18(24)25/h3-10H,11H2,1-2H3,(H,24,25)/b17-10-. The molecule has 1 amide bonds. The van der Waals surface area contributed by atoms with E-state index in [4.69, 9.17) is 26.2 Å². The smallest absolute Gasteiger partial charge is 0.341 e. The fraction of sp³-hybridized carbons (Fsp3) is 0.150. The Morgan fingerprint density at radius 1 is 1.24 bits per heavy atom. The summed E-state index contributed by atoms with van der Waals surface area (Å²) in [5, 5.41) is 9.92. The van der Waals surface area contributed by atoms with Crippen molar-refractivity contribution in [2.45, 2.75) is 0 Å². The van der Waals surface area contributed by atoms with Crippen molar-refractivity contribution < 1.29 is 24.2 Å². The second kappa shape index (κ2) is 9.02. The number of nitrogens with zero attached hydrogens (tertiary/aromatic N) is 2. The average molecular weight is 433 g/mol. The number of thioether (sulfide) groups is 1. The number of anilines is 1. The molecule has 2 aromatic carbocycles. The highest BCUT2D eigenvalue weighted by atomic mass is 35.5. The SMILES string of the molecule is COc1cc(/C=C2\SC(N(C)c3ccc(Cl)cc3)=NC2=O)ccc1OCC(=O)O. The van der Waals surface area contributed by atoms with Gasteiger partial charge in [-0.1, -0.05) is 17.7 Å². The summed E-state index contributed by atoms with van der Waals surface area (Å²) in [6.45, 7) is -0.473. The molecular weight excluding hydrogens is 416 g/mol. The van der Waals surface area contributed by atoms with Gasteiger partial charge in [0.25, 0.3) is 5.91 Å². The lowest BCUT2D eigenvalue weighted by molar-refractivity contribution is -0.139. The Morgan fingerprint density at radius 2 is 1.97 bits per heavy atom. The van der Waals surface area contributed by atoms with Crippen molar-refractivity contribution in [3.63, 3.8) is 0 Å². The van der Waals surface area contributed by atoms with E-state index in [9.17, 15) is 9.59 Å². The Kier molecular flexibility index (Phi) is 6.46. The Bertz CT molecular complexity index is 1000. The molecule has 9 heteroatoms. The summed E-state index contributed by atoms with van der Waals surface area (Å²) in [6.07, 6.45) is 1.70. The zero-order valence-corrected chi connectivity index (χ0v) is 17.2. The lowest BCUT2D eigenvalue weighted by Gasteiger charge is -2.17. The topological polar surface area (TPSA) is 88.4 Å². The first-order chi connectivity index (χ1) is 13.9. The number of hydrogen-bond donors (Lipinski definition) is 1. The third-order valence-electron chi connectivity index (χ3n) is 3.95. The molecule has 1 aliphatic heterocycles. The summed E-state index contributed by atoms with van der Waals surface area (Å²) in [6, 6.07) is 12.2. The van der Waals surface area contributed by atoms with Gasteiger partial charge in [0.15, 0.2) is 23.3 Å². The highest BCUT2D eigenvalue weighted by Crippen LogP contribution is 2.34. The van der Waals surface area contributed by atoms with Gasteiger partial charge in [0.2, 0.25) is 0 Å². The minimum atomic E-state index is -1.08. The van der Waals surface area contributed by atoms with E-state index < -0.39 is 12.6 Å². The molecule has 0 spiro atoms. The zero-order valence-electron chi connectivity index (χ0n) is 15.6. The number of carbonyl (C=O) groups is 2. The number of amidine groups is 1. The van der Waals surface area contributed by atoms with Crippen LogP contribution in [0.15, 0.2) is 52.4 Å². The molecule has 1 aliphatic rings. The van der Waals surface area contributed by atoms with E-state index in [-0.39, 0.29) is 5.91 Å². The van der Waals surface area contributed by atoms with E-state index in [1.54, 1.807) is 36.4 Å². The van der Waals surface area contributed by atoms with Crippen LogP contribution >= 0.6 is 23.4 Å². The molecular formula is C20H17ClN2O5S. The van der Waals surface area contributed by atoms with Gasteiger partial charge >= 0.3 is 5.97 Å². The van der Waals surface area contributed by atoms with Gasteiger partial charge in [0.1, 0.15) is 0 Å². The average Bonchev–Trinajstić information content (AvgIpc) is 3.07. The van der Waals surface area contributed by atoms with Crippen molar-refractivity contribution in [3.05, 3.63) is 58.0 Å². The first kappa shape index (κ1) is 20.8. The molecule has 0 saturated carbocycles. The third-order valence-corrected chi connectivity index (χ3v) is 5.26. The molecule has 29 heavy (non-hydrogen) atoms. The van der Waals surface area contributed by atoms with Gasteiger partial charge in [-0.25, -0.2) is 4.79 Å². The second-order valence-electron chi connectivity index (χ2n) is 5.94. The third kappa shape index (κ3) is 5.10. The number of aliphatic imine (C=N–C) groups is 1. The van der Waals surface area contributed by atoms with Crippen LogP contribution in [-0.2, 0) is 9.59 Å². The summed E-state index contributed by atoms with van der Waals surface area (Å²) in [5.74, 6) is -0.742. The molecule has 150 valence electrons. The number of benzene rings is 2. The molecule has 1 N–H and O–H groups in total. The molecule has 2 aromatic rings.